The lowest BCUT2D eigenvalue weighted by Crippen LogP contribution is -2.12. The maximum Gasteiger partial charge on any atom is 0.337 e. The van der Waals surface area contributed by atoms with Gasteiger partial charge in [0.25, 0.3) is 0 Å². The van der Waals surface area contributed by atoms with Crippen molar-refractivity contribution in [2.45, 2.75) is 59.8 Å². The van der Waals surface area contributed by atoms with Crippen LogP contribution >= 0.6 is 0 Å². The summed E-state index contributed by atoms with van der Waals surface area (Å²) in [6.45, 7) is 10.6. The maximum atomic E-state index is 11.4. The van der Waals surface area contributed by atoms with Gasteiger partial charge < -0.3 is 5.11 Å². The summed E-state index contributed by atoms with van der Waals surface area (Å²) in [7, 11) is 0. The van der Waals surface area contributed by atoms with E-state index >= 15 is 0 Å². The molecule has 3 heteroatoms. The normalized spacial score (nSPS) is 11.3. The second kappa shape index (κ2) is 6.69. The quantitative estimate of drug-likeness (QED) is 0.842. The van der Waals surface area contributed by atoms with Gasteiger partial charge in [-0.25, -0.2) is 4.79 Å². The fraction of sp³-hybridized carbons (Fsp3) is 0.625. The van der Waals surface area contributed by atoms with E-state index in [1.54, 1.807) is 0 Å². The maximum absolute atomic E-state index is 11.4. The van der Waals surface area contributed by atoms with Crippen molar-refractivity contribution in [3.05, 3.63) is 28.6 Å². The number of carbonyl (C=O) groups is 1. The van der Waals surface area contributed by atoms with Crippen LogP contribution in [-0.4, -0.2) is 16.1 Å². The number of hydrogen-bond donors (Lipinski definition) is 1. The predicted octanol–water partition coefficient (Wildman–Crippen LogP) is 4.05. The Balaban J connectivity index is 3.36. The Morgan fingerprint density at radius 2 is 1.89 bits per heavy atom. The van der Waals surface area contributed by atoms with Crippen molar-refractivity contribution in [3.8, 4) is 0 Å². The van der Waals surface area contributed by atoms with E-state index in [1.807, 2.05) is 13.0 Å². The summed E-state index contributed by atoms with van der Waals surface area (Å²) in [5.41, 5.74) is 3.25. The first-order valence-electron chi connectivity index (χ1n) is 7.12. The number of nitrogens with zero attached hydrogens (tertiary/aromatic N) is 1. The van der Waals surface area contributed by atoms with E-state index in [-0.39, 0.29) is 0 Å². The third-order valence-electron chi connectivity index (χ3n) is 3.15. The van der Waals surface area contributed by atoms with E-state index in [9.17, 15) is 9.90 Å². The van der Waals surface area contributed by atoms with Crippen LogP contribution in [0.3, 0.4) is 0 Å². The Kier molecular flexibility index (Phi) is 5.52. The molecule has 0 amide bonds. The highest BCUT2D eigenvalue weighted by Gasteiger charge is 2.18. The van der Waals surface area contributed by atoms with Crippen molar-refractivity contribution < 1.29 is 9.90 Å². The Bertz CT molecular complexity index is 450. The molecular weight excluding hydrogens is 238 g/mol. The van der Waals surface area contributed by atoms with Gasteiger partial charge in [-0.3, -0.25) is 4.98 Å². The summed E-state index contributed by atoms with van der Waals surface area (Å²) in [5.74, 6) is -0.0425. The van der Waals surface area contributed by atoms with Crippen molar-refractivity contribution in [3.63, 3.8) is 0 Å². The van der Waals surface area contributed by atoms with Crippen LogP contribution in [0, 0.1) is 5.92 Å². The SMILES string of the molecule is CCCc1nc(CC(C)C)c(C(C)C)cc1C(=O)O. The highest BCUT2D eigenvalue weighted by Crippen LogP contribution is 2.24. The zero-order valence-corrected chi connectivity index (χ0v) is 12.7. The van der Waals surface area contributed by atoms with Gasteiger partial charge in [-0.2, -0.15) is 0 Å². The number of aromatic nitrogens is 1. The number of pyridine rings is 1. The zero-order valence-electron chi connectivity index (χ0n) is 12.7. The molecule has 3 nitrogen and oxygen atoms in total. The molecule has 0 spiro atoms. The van der Waals surface area contributed by atoms with Gasteiger partial charge in [-0.05, 0) is 36.3 Å². The van der Waals surface area contributed by atoms with Gasteiger partial charge in [0.05, 0.1) is 11.3 Å². The van der Waals surface area contributed by atoms with Crippen LogP contribution in [0.1, 0.15) is 74.3 Å². The van der Waals surface area contributed by atoms with Crippen LogP contribution in [0.4, 0.5) is 0 Å². The molecule has 0 fully saturated rings. The standard InChI is InChI=1S/C16H25NO2/c1-6-7-14-13(16(18)19)9-12(11(4)5)15(17-14)8-10(2)3/h9-11H,6-8H2,1-5H3,(H,18,19). The van der Waals surface area contributed by atoms with Gasteiger partial charge >= 0.3 is 5.97 Å². The topological polar surface area (TPSA) is 50.2 Å². The molecule has 1 heterocycles. The minimum Gasteiger partial charge on any atom is -0.478 e. The molecule has 0 radical (unpaired) electrons. The van der Waals surface area contributed by atoms with Crippen molar-refractivity contribution >= 4 is 5.97 Å². The summed E-state index contributed by atoms with van der Waals surface area (Å²) in [6.07, 6.45) is 2.55. The molecule has 0 aromatic carbocycles. The van der Waals surface area contributed by atoms with Gasteiger partial charge in [-0.15, -0.1) is 0 Å². The molecule has 0 atom stereocenters. The van der Waals surface area contributed by atoms with Crippen molar-refractivity contribution in [2.75, 3.05) is 0 Å². The molecule has 0 aliphatic carbocycles. The second-order valence-electron chi connectivity index (χ2n) is 5.83. The molecule has 0 aliphatic heterocycles. The number of aryl methyl sites for hydroxylation is 1. The molecule has 0 saturated heterocycles. The first-order chi connectivity index (χ1) is 8.86. The van der Waals surface area contributed by atoms with E-state index < -0.39 is 5.97 Å². The summed E-state index contributed by atoms with van der Waals surface area (Å²) in [5, 5.41) is 9.33. The Morgan fingerprint density at radius 1 is 1.26 bits per heavy atom. The molecule has 106 valence electrons. The number of rotatable bonds is 6. The smallest absolute Gasteiger partial charge is 0.337 e. The summed E-state index contributed by atoms with van der Waals surface area (Å²) < 4.78 is 0. The minimum absolute atomic E-state index is 0.301. The summed E-state index contributed by atoms with van der Waals surface area (Å²) in [4.78, 5) is 16.0. The lowest BCUT2D eigenvalue weighted by Gasteiger charge is -2.17. The lowest BCUT2D eigenvalue weighted by molar-refractivity contribution is 0.0695. The lowest BCUT2D eigenvalue weighted by atomic mass is 9.93. The highest BCUT2D eigenvalue weighted by molar-refractivity contribution is 5.89. The van der Waals surface area contributed by atoms with E-state index in [0.29, 0.717) is 17.4 Å². The number of aromatic carboxylic acids is 1. The van der Waals surface area contributed by atoms with Gasteiger partial charge in [0.15, 0.2) is 0 Å². The van der Waals surface area contributed by atoms with E-state index in [0.717, 1.165) is 36.2 Å². The van der Waals surface area contributed by atoms with Crippen LogP contribution in [-0.2, 0) is 12.8 Å². The van der Waals surface area contributed by atoms with Gasteiger partial charge in [0.2, 0.25) is 0 Å². The monoisotopic (exact) mass is 263 g/mol. The molecular formula is C16H25NO2. The molecule has 0 saturated carbocycles. The molecule has 0 unspecified atom stereocenters. The van der Waals surface area contributed by atoms with Crippen LogP contribution in [0.5, 0.6) is 0 Å². The molecule has 1 aromatic rings. The van der Waals surface area contributed by atoms with Crippen molar-refractivity contribution in [1.29, 1.82) is 0 Å². The predicted molar refractivity (Wildman–Crippen MR) is 77.8 cm³/mol. The van der Waals surface area contributed by atoms with Crippen LogP contribution in [0.15, 0.2) is 6.07 Å². The van der Waals surface area contributed by atoms with Crippen LogP contribution in [0.2, 0.25) is 0 Å². The first-order valence-corrected chi connectivity index (χ1v) is 7.12. The number of carboxylic acid groups (broad SMARTS) is 1. The average Bonchev–Trinajstić information content (AvgIpc) is 2.27. The van der Waals surface area contributed by atoms with Crippen molar-refractivity contribution in [1.82, 2.24) is 4.98 Å². The Morgan fingerprint density at radius 3 is 2.32 bits per heavy atom. The third kappa shape index (κ3) is 4.05. The average molecular weight is 263 g/mol. The molecule has 19 heavy (non-hydrogen) atoms. The fourth-order valence-corrected chi connectivity index (χ4v) is 2.27. The van der Waals surface area contributed by atoms with E-state index in [4.69, 9.17) is 0 Å². The highest BCUT2D eigenvalue weighted by atomic mass is 16.4. The number of carboxylic acids is 1. The van der Waals surface area contributed by atoms with E-state index in [1.165, 1.54) is 0 Å². The van der Waals surface area contributed by atoms with Crippen LogP contribution in [0.25, 0.3) is 0 Å². The molecule has 0 aliphatic rings. The largest absolute Gasteiger partial charge is 0.478 e. The Hall–Kier alpha value is -1.38. The first kappa shape index (κ1) is 15.7. The van der Waals surface area contributed by atoms with E-state index in [2.05, 4.69) is 32.7 Å². The fourth-order valence-electron chi connectivity index (χ4n) is 2.27. The van der Waals surface area contributed by atoms with Crippen molar-refractivity contribution in [2.24, 2.45) is 5.92 Å². The molecule has 1 N–H and O–H groups in total. The van der Waals surface area contributed by atoms with Gasteiger partial charge in [0.1, 0.15) is 0 Å². The summed E-state index contributed by atoms with van der Waals surface area (Å²) >= 11 is 0. The molecule has 1 rings (SSSR count). The molecule has 1 aromatic heterocycles. The molecule has 0 bridgehead atoms. The second-order valence-corrected chi connectivity index (χ2v) is 5.83. The zero-order chi connectivity index (χ0) is 14.6. The summed E-state index contributed by atoms with van der Waals surface area (Å²) in [6, 6.07) is 1.84. The Labute approximate surface area is 116 Å². The van der Waals surface area contributed by atoms with Crippen LogP contribution < -0.4 is 0 Å². The van der Waals surface area contributed by atoms with Gasteiger partial charge in [0, 0.05) is 5.69 Å². The third-order valence-corrected chi connectivity index (χ3v) is 3.15. The van der Waals surface area contributed by atoms with Gasteiger partial charge in [-0.1, -0.05) is 41.0 Å². The minimum atomic E-state index is -0.867. The number of hydrogen-bond acceptors (Lipinski definition) is 2.